The number of anilines is 1. The summed E-state index contributed by atoms with van der Waals surface area (Å²) in [5.74, 6) is 0.707. The van der Waals surface area contributed by atoms with Gasteiger partial charge in [0.15, 0.2) is 0 Å². The Morgan fingerprint density at radius 1 is 1.50 bits per heavy atom. The molecule has 1 aromatic rings. The summed E-state index contributed by atoms with van der Waals surface area (Å²) in [6.45, 7) is 0.484. The Labute approximate surface area is 115 Å². The molecule has 1 saturated carbocycles. The summed E-state index contributed by atoms with van der Waals surface area (Å²) in [5.41, 5.74) is 5.99. The SMILES string of the molecule is Nc1cc(C(=O)OCCC2CCCC2)c(Br)cn1. The molecule has 0 unspecified atom stereocenters. The number of nitrogen functional groups attached to an aromatic ring is 1. The van der Waals surface area contributed by atoms with Crippen molar-refractivity contribution in [1.29, 1.82) is 0 Å². The molecule has 5 heteroatoms. The van der Waals surface area contributed by atoms with Gasteiger partial charge in [0.2, 0.25) is 0 Å². The van der Waals surface area contributed by atoms with E-state index in [1.54, 1.807) is 0 Å². The van der Waals surface area contributed by atoms with E-state index in [4.69, 9.17) is 10.5 Å². The zero-order valence-corrected chi connectivity index (χ0v) is 11.8. The van der Waals surface area contributed by atoms with Gasteiger partial charge >= 0.3 is 5.97 Å². The highest BCUT2D eigenvalue weighted by atomic mass is 79.9. The van der Waals surface area contributed by atoms with Crippen molar-refractivity contribution in [1.82, 2.24) is 4.98 Å². The van der Waals surface area contributed by atoms with E-state index in [1.807, 2.05) is 0 Å². The predicted molar refractivity (Wildman–Crippen MR) is 73.2 cm³/mol. The Bertz CT molecular complexity index is 431. The first-order chi connectivity index (χ1) is 8.66. The second-order valence-corrected chi connectivity index (χ2v) is 5.52. The van der Waals surface area contributed by atoms with E-state index < -0.39 is 0 Å². The Kier molecular flexibility index (Phi) is 4.58. The van der Waals surface area contributed by atoms with Gasteiger partial charge in [0.05, 0.1) is 16.6 Å². The van der Waals surface area contributed by atoms with Crippen LogP contribution < -0.4 is 5.73 Å². The Hall–Kier alpha value is -1.10. The van der Waals surface area contributed by atoms with Crippen LogP contribution in [-0.2, 0) is 4.74 Å². The third-order valence-electron chi connectivity index (χ3n) is 3.33. The molecule has 0 bridgehead atoms. The number of esters is 1. The van der Waals surface area contributed by atoms with Crippen LogP contribution in [0.4, 0.5) is 5.82 Å². The molecule has 1 aliphatic rings. The van der Waals surface area contributed by atoms with Crippen LogP contribution in [0.1, 0.15) is 42.5 Å². The van der Waals surface area contributed by atoms with Crippen molar-refractivity contribution in [2.45, 2.75) is 32.1 Å². The van der Waals surface area contributed by atoms with Crippen LogP contribution in [-0.4, -0.2) is 17.6 Å². The van der Waals surface area contributed by atoms with Crippen molar-refractivity contribution in [3.8, 4) is 0 Å². The number of hydrogen-bond acceptors (Lipinski definition) is 4. The van der Waals surface area contributed by atoms with E-state index in [0.717, 1.165) is 12.3 Å². The van der Waals surface area contributed by atoms with E-state index in [-0.39, 0.29) is 5.97 Å². The standard InChI is InChI=1S/C13H17BrN2O2/c14-11-8-16-12(15)7-10(11)13(17)18-6-5-9-3-1-2-4-9/h7-9H,1-6H2,(H2,15,16). The quantitative estimate of drug-likeness (QED) is 0.867. The fourth-order valence-electron chi connectivity index (χ4n) is 2.31. The minimum absolute atomic E-state index is 0.320. The highest BCUT2D eigenvalue weighted by Crippen LogP contribution is 2.27. The van der Waals surface area contributed by atoms with Crippen molar-refractivity contribution in [3.05, 3.63) is 22.3 Å². The number of nitrogens with two attached hydrogens (primary N) is 1. The van der Waals surface area contributed by atoms with E-state index in [2.05, 4.69) is 20.9 Å². The molecule has 1 aliphatic carbocycles. The summed E-state index contributed by atoms with van der Waals surface area (Å²) in [7, 11) is 0. The molecule has 1 heterocycles. The lowest BCUT2D eigenvalue weighted by atomic mass is 10.1. The van der Waals surface area contributed by atoms with Crippen molar-refractivity contribution in [3.63, 3.8) is 0 Å². The van der Waals surface area contributed by atoms with Gasteiger partial charge in [-0.2, -0.15) is 0 Å². The minimum Gasteiger partial charge on any atom is -0.462 e. The van der Waals surface area contributed by atoms with Gasteiger partial charge in [-0.05, 0) is 34.3 Å². The van der Waals surface area contributed by atoms with Crippen molar-refractivity contribution in [2.24, 2.45) is 5.92 Å². The molecule has 2 N–H and O–H groups in total. The first kappa shape index (κ1) is 13.3. The average Bonchev–Trinajstić information content (AvgIpc) is 2.85. The molecule has 0 spiro atoms. The second kappa shape index (κ2) is 6.18. The molecule has 0 radical (unpaired) electrons. The van der Waals surface area contributed by atoms with Gasteiger partial charge in [0.25, 0.3) is 0 Å². The van der Waals surface area contributed by atoms with Crippen LogP contribution in [0.3, 0.4) is 0 Å². The molecular formula is C13H17BrN2O2. The van der Waals surface area contributed by atoms with Crippen LogP contribution in [0.5, 0.6) is 0 Å². The molecule has 0 atom stereocenters. The Morgan fingerprint density at radius 2 is 2.22 bits per heavy atom. The molecule has 0 amide bonds. The molecule has 4 nitrogen and oxygen atoms in total. The van der Waals surface area contributed by atoms with Gasteiger partial charge in [-0.3, -0.25) is 0 Å². The molecule has 0 saturated heterocycles. The maximum atomic E-state index is 11.9. The highest BCUT2D eigenvalue weighted by Gasteiger charge is 2.17. The number of nitrogens with zero attached hydrogens (tertiary/aromatic N) is 1. The maximum absolute atomic E-state index is 11.9. The number of carbonyl (C=O) groups is 1. The lowest BCUT2D eigenvalue weighted by Crippen LogP contribution is -2.10. The van der Waals surface area contributed by atoms with E-state index in [9.17, 15) is 4.79 Å². The fourth-order valence-corrected chi connectivity index (χ4v) is 2.69. The van der Waals surface area contributed by atoms with Crippen LogP contribution in [0.25, 0.3) is 0 Å². The highest BCUT2D eigenvalue weighted by molar-refractivity contribution is 9.10. The summed E-state index contributed by atoms with van der Waals surface area (Å²) in [6.07, 6.45) is 7.63. The molecule has 0 aliphatic heterocycles. The van der Waals surface area contributed by atoms with Crippen molar-refractivity contribution >= 4 is 27.7 Å². The summed E-state index contributed by atoms with van der Waals surface area (Å²) in [6, 6.07) is 1.53. The van der Waals surface area contributed by atoms with Crippen LogP contribution >= 0.6 is 15.9 Å². The van der Waals surface area contributed by atoms with Gasteiger partial charge < -0.3 is 10.5 Å². The Balaban J connectivity index is 1.85. The lowest BCUT2D eigenvalue weighted by molar-refractivity contribution is 0.0482. The number of halogens is 1. The van der Waals surface area contributed by atoms with Crippen molar-refractivity contribution in [2.75, 3.05) is 12.3 Å². The molecular weight excluding hydrogens is 296 g/mol. The summed E-state index contributed by atoms with van der Waals surface area (Å²) >= 11 is 3.27. The number of rotatable bonds is 4. The van der Waals surface area contributed by atoms with Crippen LogP contribution in [0.2, 0.25) is 0 Å². The minimum atomic E-state index is -0.339. The summed E-state index contributed by atoms with van der Waals surface area (Å²) < 4.78 is 5.89. The average molecular weight is 313 g/mol. The largest absolute Gasteiger partial charge is 0.462 e. The van der Waals surface area contributed by atoms with E-state index in [0.29, 0.717) is 22.5 Å². The van der Waals surface area contributed by atoms with Gasteiger partial charge in [-0.25, -0.2) is 9.78 Å². The molecule has 2 rings (SSSR count). The topological polar surface area (TPSA) is 65.2 Å². The van der Waals surface area contributed by atoms with Gasteiger partial charge in [-0.1, -0.05) is 25.7 Å². The zero-order valence-electron chi connectivity index (χ0n) is 10.2. The Morgan fingerprint density at radius 3 is 2.94 bits per heavy atom. The number of pyridine rings is 1. The third-order valence-corrected chi connectivity index (χ3v) is 3.96. The van der Waals surface area contributed by atoms with Gasteiger partial charge in [0, 0.05) is 6.20 Å². The predicted octanol–water partition coefficient (Wildman–Crippen LogP) is 3.16. The van der Waals surface area contributed by atoms with E-state index in [1.165, 1.54) is 37.9 Å². The zero-order chi connectivity index (χ0) is 13.0. The second-order valence-electron chi connectivity index (χ2n) is 4.66. The first-order valence-electron chi connectivity index (χ1n) is 6.25. The molecule has 18 heavy (non-hydrogen) atoms. The maximum Gasteiger partial charge on any atom is 0.339 e. The summed E-state index contributed by atoms with van der Waals surface area (Å²) in [5, 5.41) is 0. The molecule has 98 valence electrons. The molecule has 1 aromatic heterocycles. The smallest absolute Gasteiger partial charge is 0.339 e. The van der Waals surface area contributed by atoms with Crippen LogP contribution in [0.15, 0.2) is 16.7 Å². The van der Waals surface area contributed by atoms with Gasteiger partial charge in [0.1, 0.15) is 5.82 Å². The number of carbonyl (C=O) groups excluding carboxylic acids is 1. The molecule has 1 fully saturated rings. The number of aromatic nitrogens is 1. The number of hydrogen-bond donors (Lipinski definition) is 1. The van der Waals surface area contributed by atoms with Gasteiger partial charge in [-0.15, -0.1) is 0 Å². The van der Waals surface area contributed by atoms with Crippen molar-refractivity contribution < 1.29 is 9.53 Å². The first-order valence-corrected chi connectivity index (χ1v) is 7.04. The summed E-state index contributed by atoms with van der Waals surface area (Å²) in [4.78, 5) is 15.7. The van der Waals surface area contributed by atoms with Crippen LogP contribution in [0, 0.1) is 5.92 Å². The molecule has 0 aromatic carbocycles. The normalized spacial score (nSPS) is 15.8. The lowest BCUT2D eigenvalue weighted by Gasteiger charge is -2.10. The fraction of sp³-hybridized carbons (Fsp3) is 0.538. The monoisotopic (exact) mass is 312 g/mol. The number of ether oxygens (including phenoxy) is 1. The van der Waals surface area contributed by atoms with E-state index >= 15 is 0 Å². The third kappa shape index (κ3) is 3.45.